The monoisotopic (exact) mass is 297 g/mol. The van der Waals surface area contributed by atoms with Crippen molar-refractivity contribution in [1.29, 1.82) is 0 Å². The number of nitrogens with zero attached hydrogens (tertiary/aromatic N) is 1. The number of amides is 1. The Morgan fingerprint density at radius 1 is 1.45 bits per heavy atom. The van der Waals surface area contributed by atoms with E-state index in [1.54, 1.807) is 7.11 Å². The largest absolute Gasteiger partial charge is 0.497 e. The molecular weight excluding hydrogens is 278 g/mol. The number of benzene rings is 1. The van der Waals surface area contributed by atoms with E-state index in [1.807, 2.05) is 29.2 Å². The van der Waals surface area contributed by atoms with Gasteiger partial charge in [-0.3, -0.25) is 4.79 Å². The Kier molecular flexibility index (Phi) is 5.26. The third-order valence-electron chi connectivity index (χ3n) is 3.74. The quantitative estimate of drug-likeness (QED) is 0.819. The van der Waals surface area contributed by atoms with Gasteiger partial charge in [-0.15, -0.1) is 11.6 Å². The number of aliphatic hydroxyl groups excluding tert-OH is 1. The van der Waals surface area contributed by atoms with Crippen molar-refractivity contribution >= 4 is 17.5 Å². The highest BCUT2D eigenvalue weighted by Crippen LogP contribution is 2.32. The number of aliphatic hydroxyl groups is 1. The van der Waals surface area contributed by atoms with Gasteiger partial charge in [-0.05, 0) is 30.0 Å². The van der Waals surface area contributed by atoms with E-state index in [1.165, 1.54) is 0 Å². The van der Waals surface area contributed by atoms with Crippen LogP contribution >= 0.6 is 11.6 Å². The van der Waals surface area contributed by atoms with Crippen LogP contribution in [0.1, 0.15) is 24.4 Å². The topological polar surface area (TPSA) is 49.8 Å². The van der Waals surface area contributed by atoms with Crippen LogP contribution in [0.2, 0.25) is 0 Å². The minimum atomic E-state index is -0.0911. The van der Waals surface area contributed by atoms with Gasteiger partial charge in [0.25, 0.3) is 0 Å². The third kappa shape index (κ3) is 3.25. The number of hydrogen-bond donors (Lipinski definition) is 1. The van der Waals surface area contributed by atoms with Crippen LogP contribution in [0, 0.1) is 5.92 Å². The molecular formula is C15H20ClNO3. The molecule has 0 aromatic heterocycles. The molecule has 1 amide bonds. The van der Waals surface area contributed by atoms with Gasteiger partial charge in [0.1, 0.15) is 5.75 Å². The SMILES string of the molecule is COc1ccc(C(CCO)N2CC(CCl)CC2=O)cc1. The molecule has 2 unspecified atom stereocenters. The number of hydrogen-bond acceptors (Lipinski definition) is 3. The lowest BCUT2D eigenvalue weighted by molar-refractivity contribution is -0.130. The Morgan fingerprint density at radius 3 is 2.65 bits per heavy atom. The Balaban J connectivity index is 2.19. The van der Waals surface area contributed by atoms with E-state index in [2.05, 4.69) is 0 Å². The fraction of sp³-hybridized carbons (Fsp3) is 0.533. The van der Waals surface area contributed by atoms with Gasteiger partial charge in [0, 0.05) is 25.5 Å². The van der Waals surface area contributed by atoms with Crippen molar-refractivity contribution in [3.8, 4) is 5.75 Å². The molecule has 0 radical (unpaired) electrons. The fourth-order valence-corrected chi connectivity index (χ4v) is 2.87. The Labute approximate surface area is 124 Å². The summed E-state index contributed by atoms with van der Waals surface area (Å²) in [5.74, 6) is 1.60. The van der Waals surface area contributed by atoms with E-state index < -0.39 is 0 Å². The van der Waals surface area contributed by atoms with Crippen molar-refractivity contribution in [2.24, 2.45) is 5.92 Å². The first kappa shape index (κ1) is 15.1. The number of carbonyl (C=O) groups is 1. The predicted octanol–water partition coefficient (Wildman–Crippen LogP) is 2.21. The summed E-state index contributed by atoms with van der Waals surface area (Å²) < 4.78 is 5.14. The lowest BCUT2D eigenvalue weighted by Gasteiger charge is -2.28. The molecule has 1 aromatic rings. The molecule has 0 aliphatic carbocycles. The van der Waals surface area contributed by atoms with Crippen molar-refractivity contribution in [2.45, 2.75) is 18.9 Å². The maximum absolute atomic E-state index is 12.1. The first-order valence-electron chi connectivity index (χ1n) is 6.79. The zero-order valence-corrected chi connectivity index (χ0v) is 12.3. The normalized spacial score (nSPS) is 20.2. The van der Waals surface area contributed by atoms with Gasteiger partial charge in [0.05, 0.1) is 13.2 Å². The zero-order valence-electron chi connectivity index (χ0n) is 11.6. The highest BCUT2D eigenvalue weighted by Gasteiger charge is 2.34. The van der Waals surface area contributed by atoms with Crippen LogP contribution in [0.3, 0.4) is 0 Å². The summed E-state index contributed by atoms with van der Waals surface area (Å²) >= 11 is 5.86. The summed E-state index contributed by atoms with van der Waals surface area (Å²) in [6, 6.07) is 7.55. The van der Waals surface area contributed by atoms with Gasteiger partial charge in [0.2, 0.25) is 5.91 Å². The van der Waals surface area contributed by atoms with Crippen molar-refractivity contribution < 1.29 is 14.6 Å². The maximum Gasteiger partial charge on any atom is 0.223 e. The lowest BCUT2D eigenvalue weighted by atomic mass is 10.0. The molecule has 110 valence electrons. The van der Waals surface area contributed by atoms with Crippen molar-refractivity contribution in [2.75, 3.05) is 26.1 Å². The minimum Gasteiger partial charge on any atom is -0.497 e. The molecule has 4 nitrogen and oxygen atoms in total. The Bertz CT molecular complexity index is 449. The van der Waals surface area contributed by atoms with E-state index in [9.17, 15) is 9.90 Å². The van der Waals surface area contributed by atoms with Gasteiger partial charge < -0.3 is 14.7 Å². The smallest absolute Gasteiger partial charge is 0.223 e. The molecule has 1 saturated heterocycles. The first-order valence-corrected chi connectivity index (χ1v) is 7.33. The number of alkyl halides is 1. The van der Waals surface area contributed by atoms with Gasteiger partial charge in [-0.2, -0.15) is 0 Å². The summed E-state index contributed by atoms with van der Waals surface area (Å²) in [6.45, 7) is 0.713. The molecule has 0 bridgehead atoms. The first-order chi connectivity index (χ1) is 9.69. The second-order valence-corrected chi connectivity index (χ2v) is 5.38. The van der Waals surface area contributed by atoms with Gasteiger partial charge in [-0.1, -0.05) is 12.1 Å². The molecule has 5 heteroatoms. The summed E-state index contributed by atoms with van der Waals surface area (Å²) in [5, 5.41) is 9.28. The summed E-state index contributed by atoms with van der Waals surface area (Å²) in [5.41, 5.74) is 1.02. The molecule has 0 saturated carbocycles. The third-order valence-corrected chi connectivity index (χ3v) is 4.17. The molecule has 0 spiro atoms. The molecule has 2 rings (SSSR count). The zero-order chi connectivity index (χ0) is 14.5. The van der Waals surface area contributed by atoms with Crippen molar-refractivity contribution in [1.82, 2.24) is 4.90 Å². The molecule has 1 heterocycles. The van der Waals surface area contributed by atoms with Crippen molar-refractivity contribution in [3.05, 3.63) is 29.8 Å². The number of rotatable bonds is 6. The molecule has 1 N–H and O–H groups in total. The van der Waals surface area contributed by atoms with Crippen molar-refractivity contribution in [3.63, 3.8) is 0 Å². The van der Waals surface area contributed by atoms with Gasteiger partial charge >= 0.3 is 0 Å². The Morgan fingerprint density at radius 2 is 2.15 bits per heavy atom. The fourth-order valence-electron chi connectivity index (χ4n) is 2.66. The molecule has 1 fully saturated rings. The molecule has 1 aliphatic rings. The molecule has 20 heavy (non-hydrogen) atoms. The van der Waals surface area contributed by atoms with E-state index in [-0.39, 0.29) is 24.5 Å². The van der Waals surface area contributed by atoms with E-state index in [0.717, 1.165) is 11.3 Å². The highest BCUT2D eigenvalue weighted by molar-refractivity contribution is 6.18. The summed E-state index contributed by atoms with van der Waals surface area (Å²) in [6.07, 6.45) is 1.04. The number of methoxy groups -OCH3 is 1. The summed E-state index contributed by atoms with van der Waals surface area (Å²) in [4.78, 5) is 14.0. The predicted molar refractivity (Wildman–Crippen MR) is 78.0 cm³/mol. The second kappa shape index (κ2) is 6.95. The molecule has 1 aromatic carbocycles. The average Bonchev–Trinajstić information content (AvgIpc) is 2.86. The van der Waals surface area contributed by atoms with Crippen LogP contribution in [0.15, 0.2) is 24.3 Å². The van der Waals surface area contributed by atoms with E-state index in [0.29, 0.717) is 25.3 Å². The number of likely N-dealkylation sites (tertiary alicyclic amines) is 1. The van der Waals surface area contributed by atoms with E-state index >= 15 is 0 Å². The van der Waals surface area contributed by atoms with Crippen LogP contribution in [0.4, 0.5) is 0 Å². The summed E-state index contributed by atoms with van der Waals surface area (Å²) in [7, 11) is 1.62. The number of ether oxygens (including phenoxy) is 1. The van der Waals surface area contributed by atoms with Crippen LogP contribution in [-0.2, 0) is 4.79 Å². The van der Waals surface area contributed by atoms with Crippen LogP contribution in [0.5, 0.6) is 5.75 Å². The van der Waals surface area contributed by atoms with Crippen LogP contribution in [0.25, 0.3) is 0 Å². The second-order valence-electron chi connectivity index (χ2n) is 5.07. The average molecular weight is 298 g/mol. The van der Waals surface area contributed by atoms with Crippen LogP contribution in [-0.4, -0.2) is 42.1 Å². The van der Waals surface area contributed by atoms with Gasteiger partial charge in [-0.25, -0.2) is 0 Å². The number of carbonyl (C=O) groups excluding carboxylic acids is 1. The maximum atomic E-state index is 12.1. The van der Waals surface area contributed by atoms with Crippen LogP contribution < -0.4 is 4.74 Å². The molecule has 1 aliphatic heterocycles. The Hall–Kier alpha value is -1.26. The molecule has 2 atom stereocenters. The minimum absolute atomic E-state index is 0.0476. The lowest BCUT2D eigenvalue weighted by Crippen LogP contribution is -2.31. The van der Waals surface area contributed by atoms with Gasteiger partial charge in [0.15, 0.2) is 0 Å². The standard InChI is InChI=1S/C15H20ClNO3/c1-20-13-4-2-12(3-5-13)14(6-7-18)17-10-11(9-16)8-15(17)19/h2-5,11,14,18H,6-10H2,1H3. The van der Waals surface area contributed by atoms with E-state index in [4.69, 9.17) is 16.3 Å². The number of halogens is 1. The highest BCUT2D eigenvalue weighted by atomic mass is 35.5.